The summed E-state index contributed by atoms with van der Waals surface area (Å²) in [6, 6.07) is 9.04. The Hall–Kier alpha value is -2.98. The first-order valence-electron chi connectivity index (χ1n) is 12.0. The molecule has 0 saturated carbocycles. The van der Waals surface area contributed by atoms with E-state index in [-0.39, 0.29) is 50.6 Å². The summed E-state index contributed by atoms with van der Waals surface area (Å²) in [5.41, 5.74) is -0.0823. The number of nitrogens with zero attached hydrogens (tertiary/aromatic N) is 2. The second-order valence-electron chi connectivity index (χ2n) is 8.14. The number of unbranched alkanes of at least 4 members (excludes halogenated alkanes) is 6. The van der Waals surface area contributed by atoms with E-state index in [2.05, 4.69) is 13.8 Å². The average molecular weight is 535 g/mol. The molecule has 0 atom stereocenters. The molecule has 0 aliphatic heterocycles. The van der Waals surface area contributed by atoms with E-state index in [1.54, 1.807) is 0 Å². The number of hydrogen-bond donors (Lipinski definition) is 1. The molecule has 2 rings (SSSR count). The lowest BCUT2D eigenvalue weighted by molar-refractivity contribution is 0.284. The molecule has 0 saturated heterocycles. The third-order valence-corrected chi connectivity index (χ3v) is 6.57. The Bertz CT molecular complexity index is 1200. The third kappa shape index (κ3) is 8.03. The first-order valence-corrected chi connectivity index (χ1v) is 13.8. The van der Waals surface area contributed by atoms with Gasteiger partial charge in [0.25, 0.3) is 10.1 Å². The van der Waals surface area contributed by atoms with Crippen LogP contribution < -0.4 is 14.2 Å². The van der Waals surface area contributed by atoms with Crippen LogP contribution in [0.5, 0.6) is 23.0 Å². The molecule has 0 heterocycles. The molecular formula is C26H31ClN2O6S. The summed E-state index contributed by atoms with van der Waals surface area (Å²) in [6.07, 6.45) is 7.55. The zero-order chi connectivity index (χ0) is 26.6. The highest BCUT2D eigenvalue weighted by Gasteiger charge is 2.28. The van der Waals surface area contributed by atoms with Gasteiger partial charge < -0.3 is 14.2 Å². The molecule has 0 aliphatic carbocycles. The largest absolute Gasteiger partial charge is 0.490 e. The van der Waals surface area contributed by atoms with Gasteiger partial charge in [0.05, 0.1) is 18.1 Å². The maximum absolute atomic E-state index is 11.4. The Balaban J connectivity index is 2.50. The van der Waals surface area contributed by atoms with E-state index >= 15 is 0 Å². The van der Waals surface area contributed by atoms with Crippen LogP contribution in [0.15, 0.2) is 29.2 Å². The van der Waals surface area contributed by atoms with Gasteiger partial charge in [-0.1, -0.05) is 64.0 Å². The molecule has 194 valence electrons. The Morgan fingerprint density at radius 3 is 1.78 bits per heavy atom. The fraction of sp³-hybridized carbons (Fsp3) is 0.462. The van der Waals surface area contributed by atoms with Crippen LogP contribution in [-0.2, 0) is 10.1 Å². The molecule has 0 aliphatic rings. The lowest BCUT2D eigenvalue weighted by Crippen LogP contribution is -2.07. The molecule has 1 N–H and O–H groups in total. The summed E-state index contributed by atoms with van der Waals surface area (Å²) in [7, 11) is -4.38. The number of rotatable bonds is 15. The van der Waals surface area contributed by atoms with Gasteiger partial charge in [-0.3, -0.25) is 4.55 Å². The van der Waals surface area contributed by atoms with E-state index in [0.29, 0.717) is 6.61 Å². The highest BCUT2D eigenvalue weighted by molar-refractivity contribution is 7.85. The van der Waals surface area contributed by atoms with Crippen LogP contribution in [-0.4, -0.2) is 26.2 Å². The van der Waals surface area contributed by atoms with E-state index in [1.165, 1.54) is 24.3 Å². The predicted octanol–water partition coefficient (Wildman–Crippen LogP) is 7.04. The fourth-order valence-corrected chi connectivity index (χ4v) is 4.19. The molecule has 0 aromatic heterocycles. The summed E-state index contributed by atoms with van der Waals surface area (Å²) in [6.45, 7) is 4.77. The van der Waals surface area contributed by atoms with Crippen LogP contribution in [0, 0.1) is 22.7 Å². The van der Waals surface area contributed by atoms with Crippen LogP contribution in [0.4, 0.5) is 0 Å². The van der Waals surface area contributed by atoms with Crippen molar-refractivity contribution >= 4 is 21.7 Å². The quantitative estimate of drug-likeness (QED) is 0.190. The van der Waals surface area contributed by atoms with Crippen molar-refractivity contribution in [2.45, 2.75) is 70.1 Å². The molecule has 2 aromatic rings. The van der Waals surface area contributed by atoms with E-state index in [0.717, 1.165) is 51.4 Å². The topological polar surface area (TPSA) is 130 Å². The molecule has 8 nitrogen and oxygen atoms in total. The number of ether oxygens (including phenoxy) is 3. The molecule has 2 aromatic carbocycles. The minimum absolute atomic E-state index is 0.00845. The first-order chi connectivity index (χ1) is 17.3. The van der Waals surface area contributed by atoms with Crippen molar-refractivity contribution in [2.24, 2.45) is 0 Å². The van der Waals surface area contributed by atoms with Crippen LogP contribution in [0.3, 0.4) is 0 Å². The molecule has 0 unspecified atom stereocenters. The van der Waals surface area contributed by atoms with Gasteiger partial charge in [-0.2, -0.15) is 18.9 Å². The van der Waals surface area contributed by atoms with Gasteiger partial charge in [0, 0.05) is 0 Å². The summed E-state index contributed by atoms with van der Waals surface area (Å²) in [5.74, 6) is 0.233. The van der Waals surface area contributed by atoms with E-state index in [1.807, 2.05) is 12.1 Å². The van der Waals surface area contributed by atoms with Crippen LogP contribution >= 0.6 is 11.6 Å². The molecular weight excluding hydrogens is 504 g/mol. The normalized spacial score (nSPS) is 10.9. The lowest BCUT2D eigenvalue weighted by atomic mass is 10.1. The zero-order valence-electron chi connectivity index (χ0n) is 20.5. The van der Waals surface area contributed by atoms with E-state index in [9.17, 15) is 23.5 Å². The van der Waals surface area contributed by atoms with Crippen LogP contribution in [0.25, 0.3) is 0 Å². The van der Waals surface area contributed by atoms with Crippen molar-refractivity contribution in [1.29, 1.82) is 10.5 Å². The van der Waals surface area contributed by atoms with Gasteiger partial charge in [-0.25, -0.2) is 0 Å². The lowest BCUT2D eigenvalue weighted by Gasteiger charge is -2.19. The minimum Gasteiger partial charge on any atom is -0.490 e. The van der Waals surface area contributed by atoms with Crippen molar-refractivity contribution in [3.05, 3.63) is 40.4 Å². The molecule has 0 bridgehead atoms. The van der Waals surface area contributed by atoms with Crippen molar-refractivity contribution in [3.63, 3.8) is 0 Å². The second-order valence-corrected chi connectivity index (χ2v) is 9.94. The van der Waals surface area contributed by atoms with Crippen molar-refractivity contribution in [3.8, 4) is 35.1 Å². The smallest absolute Gasteiger partial charge is 0.294 e. The highest BCUT2D eigenvalue weighted by Crippen LogP contribution is 2.49. The Labute approximate surface area is 218 Å². The van der Waals surface area contributed by atoms with Crippen LogP contribution in [0.2, 0.25) is 5.02 Å². The SMILES string of the molecule is CCCCCCOc1c(Cl)c(Oc2ccc(S(=O)(=O)O)cc2)c(OCCCCCC)c(C#N)c1C#N. The molecule has 0 amide bonds. The highest BCUT2D eigenvalue weighted by atomic mass is 35.5. The van der Waals surface area contributed by atoms with Gasteiger partial charge in [0.15, 0.2) is 17.2 Å². The Morgan fingerprint density at radius 2 is 1.31 bits per heavy atom. The molecule has 36 heavy (non-hydrogen) atoms. The Kier molecular flexibility index (Phi) is 11.8. The number of halogens is 1. The van der Waals surface area contributed by atoms with Gasteiger partial charge in [-0.15, -0.1) is 0 Å². The van der Waals surface area contributed by atoms with Gasteiger partial charge in [-0.05, 0) is 37.1 Å². The Morgan fingerprint density at radius 1 is 0.806 bits per heavy atom. The standard InChI is InChI=1S/C26H31ClN2O6S/c1-3-5-7-9-15-33-24-21(17-28)22(18-29)25(34-16-10-8-6-4-2)26(23(24)27)35-19-11-13-20(14-12-19)36(30,31)32/h11-14H,3-10,15-16H2,1-2H3,(H,30,31,32). The fourth-order valence-electron chi connectivity index (χ4n) is 3.43. The number of nitriles is 2. The molecule has 10 heteroatoms. The monoisotopic (exact) mass is 534 g/mol. The maximum Gasteiger partial charge on any atom is 0.294 e. The van der Waals surface area contributed by atoms with Crippen molar-refractivity contribution in [2.75, 3.05) is 13.2 Å². The molecule has 0 radical (unpaired) electrons. The molecule has 0 spiro atoms. The predicted molar refractivity (Wildman–Crippen MR) is 136 cm³/mol. The summed E-state index contributed by atoms with van der Waals surface area (Å²) in [5, 5.41) is 19.7. The second kappa shape index (κ2) is 14.5. The maximum atomic E-state index is 11.4. The number of benzene rings is 2. The third-order valence-electron chi connectivity index (χ3n) is 5.36. The van der Waals surface area contributed by atoms with Crippen molar-refractivity contribution in [1.82, 2.24) is 0 Å². The van der Waals surface area contributed by atoms with E-state index < -0.39 is 10.1 Å². The summed E-state index contributed by atoms with van der Waals surface area (Å²) < 4.78 is 49.6. The zero-order valence-corrected chi connectivity index (χ0v) is 22.1. The summed E-state index contributed by atoms with van der Waals surface area (Å²) in [4.78, 5) is -0.304. The number of hydrogen-bond acceptors (Lipinski definition) is 7. The van der Waals surface area contributed by atoms with Crippen LogP contribution in [0.1, 0.15) is 76.3 Å². The van der Waals surface area contributed by atoms with Gasteiger partial charge in [0.2, 0.25) is 0 Å². The molecule has 0 fully saturated rings. The average Bonchev–Trinajstić information content (AvgIpc) is 2.86. The van der Waals surface area contributed by atoms with Crippen molar-refractivity contribution < 1.29 is 27.2 Å². The van der Waals surface area contributed by atoms with E-state index in [4.69, 9.17) is 25.8 Å². The van der Waals surface area contributed by atoms with Gasteiger partial charge in [0.1, 0.15) is 34.0 Å². The first kappa shape index (κ1) is 29.3. The van der Waals surface area contributed by atoms with Gasteiger partial charge >= 0.3 is 0 Å². The summed E-state index contributed by atoms with van der Waals surface area (Å²) >= 11 is 6.66. The minimum atomic E-state index is -4.38.